The van der Waals surface area contributed by atoms with Crippen LogP contribution in [0.5, 0.6) is 0 Å². The van der Waals surface area contributed by atoms with E-state index < -0.39 is 6.10 Å². The molecular weight excluding hydrogens is 817 g/mol. The van der Waals surface area contributed by atoms with Crippen LogP contribution in [-0.4, -0.2) is 37.2 Å². The van der Waals surface area contributed by atoms with Crippen LogP contribution in [0.2, 0.25) is 0 Å². The summed E-state index contributed by atoms with van der Waals surface area (Å²) in [6, 6.07) is 0. The van der Waals surface area contributed by atoms with E-state index in [1.54, 1.807) is 0 Å². The summed E-state index contributed by atoms with van der Waals surface area (Å²) in [7, 11) is 0. The summed E-state index contributed by atoms with van der Waals surface area (Å²) < 4.78 is 16.9. The molecule has 0 N–H and O–H groups in total. The highest BCUT2D eigenvalue weighted by molar-refractivity contribution is 5.71. The van der Waals surface area contributed by atoms with E-state index in [0.717, 1.165) is 69.6 Å². The molecule has 66 heavy (non-hydrogen) atoms. The molecule has 0 heterocycles. The molecule has 0 aromatic carbocycles. The molecular formula is C60H116O6. The Kier molecular flexibility index (Phi) is 51.5. The Morgan fingerprint density at radius 2 is 0.576 bits per heavy atom. The predicted molar refractivity (Wildman–Crippen MR) is 284 cm³/mol. The van der Waals surface area contributed by atoms with Gasteiger partial charge in [-0.05, 0) is 31.1 Å². The van der Waals surface area contributed by atoms with Gasteiger partial charge in [0.25, 0.3) is 0 Å². The molecule has 0 spiro atoms. The maximum absolute atomic E-state index is 12.9. The Morgan fingerprint density at radius 1 is 0.318 bits per heavy atom. The second-order valence-electron chi connectivity index (χ2n) is 21.4. The van der Waals surface area contributed by atoms with Crippen LogP contribution in [0.3, 0.4) is 0 Å². The highest BCUT2D eigenvalue weighted by Crippen LogP contribution is 2.19. The quantitative estimate of drug-likeness (QED) is 0.0343. The fourth-order valence-corrected chi connectivity index (χ4v) is 9.20. The topological polar surface area (TPSA) is 78.9 Å². The molecule has 0 bridgehead atoms. The van der Waals surface area contributed by atoms with E-state index in [2.05, 4.69) is 34.6 Å². The van der Waals surface area contributed by atoms with Gasteiger partial charge in [0.1, 0.15) is 13.2 Å². The summed E-state index contributed by atoms with van der Waals surface area (Å²) in [4.78, 5) is 38.2. The van der Waals surface area contributed by atoms with Crippen molar-refractivity contribution in [3.05, 3.63) is 0 Å². The molecule has 0 rings (SSSR count). The number of carbonyl (C=O) groups is 3. The van der Waals surface area contributed by atoms with Gasteiger partial charge < -0.3 is 14.2 Å². The summed E-state index contributed by atoms with van der Waals surface area (Å²) in [5, 5.41) is 0. The van der Waals surface area contributed by atoms with Gasteiger partial charge in [-0.3, -0.25) is 14.4 Å². The van der Waals surface area contributed by atoms with E-state index in [4.69, 9.17) is 14.2 Å². The second-order valence-corrected chi connectivity index (χ2v) is 21.4. The van der Waals surface area contributed by atoms with Gasteiger partial charge in [0.05, 0.1) is 0 Å². The summed E-state index contributed by atoms with van der Waals surface area (Å²) >= 11 is 0. The van der Waals surface area contributed by atoms with Crippen LogP contribution in [0, 0.1) is 11.8 Å². The number of carbonyl (C=O) groups excluding carboxylic acids is 3. The number of esters is 3. The first kappa shape index (κ1) is 64.4. The maximum atomic E-state index is 12.9. The Labute approximate surface area is 412 Å². The molecule has 0 amide bonds. The van der Waals surface area contributed by atoms with E-state index in [9.17, 15) is 14.4 Å². The second kappa shape index (κ2) is 52.8. The summed E-state index contributed by atoms with van der Waals surface area (Å²) in [5.74, 6) is 0.885. The van der Waals surface area contributed by atoms with Crippen molar-refractivity contribution in [2.45, 2.75) is 343 Å². The third-order valence-corrected chi connectivity index (χ3v) is 14.1. The Morgan fingerprint density at radius 3 is 0.864 bits per heavy atom. The molecule has 2 atom stereocenters. The van der Waals surface area contributed by atoms with Crippen LogP contribution in [-0.2, 0) is 28.6 Å². The third kappa shape index (κ3) is 51.8. The molecule has 0 radical (unpaired) electrons. The molecule has 6 nitrogen and oxygen atoms in total. The van der Waals surface area contributed by atoms with Gasteiger partial charge in [-0.15, -0.1) is 0 Å². The minimum Gasteiger partial charge on any atom is -0.462 e. The van der Waals surface area contributed by atoms with Gasteiger partial charge in [0.15, 0.2) is 6.10 Å². The molecule has 0 aliphatic heterocycles. The lowest BCUT2D eigenvalue weighted by Gasteiger charge is -2.18. The van der Waals surface area contributed by atoms with Crippen LogP contribution in [0.25, 0.3) is 0 Å². The Bertz CT molecular complexity index is 1010. The Balaban J connectivity index is 4.28. The molecule has 0 aromatic rings. The van der Waals surface area contributed by atoms with Crippen molar-refractivity contribution in [2.24, 2.45) is 11.8 Å². The minimum absolute atomic E-state index is 0.0625. The fraction of sp³-hybridized carbons (Fsp3) is 0.950. The van der Waals surface area contributed by atoms with Crippen LogP contribution in [0.1, 0.15) is 336 Å². The van der Waals surface area contributed by atoms with Gasteiger partial charge in [0, 0.05) is 19.3 Å². The first-order chi connectivity index (χ1) is 32.3. The van der Waals surface area contributed by atoms with Gasteiger partial charge in [-0.2, -0.15) is 0 Å². The van der Waals surface area contributed by atoms with Gasteiger partial charge >= 0.3 is 17.9 Å². The molecule has 0 saturated heterocycles. The van der Waals surface area contributed by atoms with Crippen molar-refractivity contribution in [1.29, 1.82) is 0 Å². The van der Waals surface area contributed by atoms with Crippen LogP contribution in [0.15, 0.2) is 0 Å². The minimum atomic E-state index is -0.763. The van der Waals surface area contributed by atoms with Gasteiger partial charge in [-0.25, -0.2) is 0 Å². The van der Waals surface area contributed by atoms with Crippen molar-refractivity contribution in [1.82, 2.24) is 0 Å². The smallest absolute Gasteiger partial charge is 0.306 e. The van der Waals surface area contributed by atoms with Crippen molar-refractivity contribution < 1.29 is 28.6 Å². The molecule has 6 heteroatoms. The largest absolute Gasteiger partial charge is 0.462 e. The number of hydrogen-bond acceptors (Lipinski definition) is 6. The lowest BCUT2D eigenvalue weighted by atomic mass is 9.99. The monoisotopic (exact) mass is 933 g/mol. The number of ether oxygens (including phenoxy) is 3. The fourth-order valence-electron chi connectivity index (χ4n) is 9.20. The lowest BCUT2D eigenvalue weighted by molar-refractivity contribution is -0.167. The van der Waals surface area contributed by atoms with E-state index in [0.29, 0.717) is 19.3 Å². The Hall–Kier alpha value is -1.59. The molecule has 0 aromatic heterocycles. The van der Waals surface area contributed by atoms with Crippen molar-refractivity contribution in [3.8, 4) is 0 Å². The third-order valence-electron chi connectivity index (χ3n) is 14.1. The molecule has 1 unspecified atom stereocenters. The highest BCUT2D eigenvalue weighted by Gasteiger charge is 2.19. The summed E-state index contributed by atoms with van der Waals surface area (Å²) in [6.07, 6.45) is 56.6. The standard InChI is InChI=1S/C60H116O6/c1-6-8-9-10-11-12-13-14-17-22-25-32-37-42-47-52-60(63)66-57(54-65-59(62)51-46-41-36-31-27-26-29-34-39-44-49-56(5)7-2)53-64-58(61)50-45-40-35-30-24-21-19-16-15-18-20-23-28-33-38-43-48-55(3)4/h55-57H,6-54H2,1-5H3/t56?,57-/m0/s1. The maximum Gasteiger partial charge on any atom is 0.306 e. The van der Waals surface area contributed by atoms with Gasteiger partial charge in [0.2, 0.25) is 0 Å². The lowest BCUT2D eigenvalue weighted by Crippen LogP contribution is -2.30. The van der Waals surface area contributed by atoms with E-state index in [1.807, 2.05) is 0 Å². The zero-order valence-corrected chi connectivity index (χ0v) is 45.3. The molecule has 392 valence electrons. The summed E-state index contributed by atoms with van der Waals surface area (Å²) in [5.41, 5.74) is 0. The molecule has 0 aliphatic carbocycles. The highest BCUT2D eigenvalue weighted by atomic mass is 16.6. The van der Waals surface area contributed by atoms with E-state index in [1.165, 1.54) is 225 Å². The van der Waals surface area contributed by atoms with Crippen molar-refractivity contribution in [2.75, 3.05) is 13.2 Å². The first-order valence-electron chi connectivity index (χ1n) is 29.8. The van der Waals surface area contributed by atoms with Crippen LogP contribution in [0.4, 0.5) is 0 Å². The van der Waals surface area contributed by atoms with E-state index >= 15 is 0 Å². The zero-order valence-electron chi connectivity index (χ0n) is 45.3. The molecule has 0 aliphatic rings. The summed E-state index contributed by atoms with van der Waals surface area (Å²) in [6.45, 7) is 11.5. The average Bonchev–Trinajstić information content (AvgIpc) is 3.30. The van der Waals surface area contributed by atoms with E-state index in [-0.39, 0.29) is 31.1 Å². The molecule has 0 saturated carbocycles. The van der Waals surface area contributed by atoms with Crippen LogP contribution >= 0.6 is 0 Å². The predicted octanol–water partition coefficient (Wildman–Crippen LogP) is 19.7. The normalized spacial score (nSPS) is 12.5. The number of hydrogen-bond donors (Lipinski definition) is 0. The van der Waals surface area contributed by atoms with Gasteiger partial charge in [-0.1, -0.05) is 298 Å². The average molecular weight is 934 g/mol. The number of rotatable bonds is 54. The van der Waals surface area contributed by atoms with Crippen molar-refractivity contribution >= 4 is 17.9 Å². The van der Waals surface area contributed by atoms with Crippen LogP contribution < -0.4 is 0 Å². The van der Waals surface area contributed by atoms with Crippen molar-refractivity contribution in [3.63, 3.8) is 0 Å². The zero-order chi connectivity index (χ0) is 48.2. The SMILES string of the molecule is CCCCCCCCCCCCCCCCCC(=O)O[C@@H](COC(=O)CCCCCCCCCCCCCCCCCCC(C)C)COC(=O)CCCCCCCCCCCCC(C)CC. The molecule has 0 fully saturated rings. The first-order valence-corrected chi connectivity index (χ1v) is 29.8. The number of unbranched alkanes of at least 4 members (excludes halogenated alkanes) is 38.